The lowest BCUT2D eigenvalue weighted by Crippen LogP contribution is -2.60. The molecule has 7 atom stereocenters. The number of carbonyl (C=O) groups is 10. The van der Waals surface area contributed by atoms with Crippen LogP contribution in [0.5, 0.6) is 0 Å². The van der Waals surface area contributed by atoms with Crippen molar-refractivity contribution in [1.29, 1.82) is 0 Å². The van der Waals surface area contributed by atoms with Crippen LogP contribution in [0, 0.1) is 5.92 Å². The van der Waals surface area contributed by atoms with Crippen LogP contribution in [0.25, 0.3) is 0 Å². The Morgan fingerprint density at radius 1 is 0.652 bits per heavy atom. The van der Waals surface area contributed by atoms with E-state index in [2.05, 4.69) is 42.2 Å². The molecule has 69 heavy (non-hydrogen) atoms. The number of carboxylic acid groups (broad SMARTS) is 2. The Hall–Kier alpha value is -6.54. The molecule has 1 aromatic rings. The normalized spacial score (nSPS) is 13.9. The second kappa shape index (κ2) is 33.0. The van der Waals surface area contributed by atoms with Crippen LogP contribution in [-0.4, -0.2) is 149 Å². The van der Waals surface area contributed by atoms with Crippen molar-refractivity contribution in [3.8, 4) is 0 Å². The fourth-order valence-electron chi connectivity index (χ4n) is 6.53. The summed E-state index contributed by atoms with van der Waals surface area (Å²) in [6.45, 7) is 3.21. The number of hydrogen-bond acceptors (Lipinski definition) is 14. The fraction of sp³-hybridized carbons (Fsp3) is 0.605. The number of thioether (sulfide) groups is 1. The van der Waals surface area contributed by atoms with Crippen molar-refractivity contribution >= 4 is 76.9 Å². The SMILES string of the molecule is CSCC[C@H](NC(=O)[C@H](CC(=O)O)NC(=O)[C@H](CCCCN)NC(=O)[C@@H](N)Cc1ccccc1)C(=O)N[C@@H](CCC(N)=O)C(=O)N[C@@H](CC(C)C)C(=O)NCC(=O)N[C@@H](CCCN=C(N)N)C(=O)O. The Labute approximate surface area is 405 Å². The summed E-state index contributed by atoms with van der Waals surface area (Å²) < 4.78 is 0. The van der Waals surface area contributed by atoms with Crippen LogP contribution in [0.3, 0.4) is 0 Å². The monoisotopic (exact) mass is 994 g/mol. The molecule has 0 radical (unpaired) electrons. The quantitative estimate of drug-likeness (QED) is 0.0177. The average molecular weight is 994 g/mol. The molecule has 25 nitrogen and oxygen atoms in total. The van der Waals surface area contributed by atoms with Gasteiger partial charge in [-0.1, -0.05) is 44.2 Å². The van der Waals surface area contributed by atoms with Crippen LogP contribution in [0.1, 0.15) is 83.6 Å². The Bertz CT molecular complexity index is 1910. The Balaban J connectivity index is 3.27. The molecule has 19 N–H and O–H groups in total. The van der Waals surface area contributed by atoms with Gasteiger partial charge in [0.2, 0.25) is 47.3 Å². The van der Waals surface area contributed by atoms with E-state index in [1.165, 1.54) is 11.8 Å². The first-order valence-corrected chi connectivity index (χ1v) is 23.8. The second-order valence-corrected chi connectivity index (χ2v) is 17.5. The lowest BCUT2D eigenvalue weighted by molar-refractivity contribution is -0.142. The van der Waals surface area contributed by atoms with Gasteiger partial charge in [0.05, 0.1) is 19.0 Å². The van der Waals surface area contributed by atoms with Crippen molar-refractivity contribution in [2.75, 3.05) is 31.6 Å². The number of primary amides is 1. The summed E-state index contributed by atoms with van der Waals surface area (Å²) in [7, 11) is 0. The van der Waals surface area contributed by atoms with Crippen LogP contribution < -0.4 is 65.9 Å². The molecule has 0 saturated heterocycles. The van der Waals surface area contributed by atoms with Crippen molar-refractivity contribution in [3.05, 3.63) is 35.9 Å². The van der Waals surface area contributed by atoms with E-state index in [9.17, 15) is 58.2 Å². The molecule has 1 rings (SSSR count). The first kappa shape index (κ1) is 60.5. The maximum atomic E-state index is 13.9. The summed E-state index contributed by atoms with van der Waals surface area (Å²) in [6.07, 6.45) is 1.22. The zero-order valence-electron chi connectivity index (χ0n) is 39.3. The summed E-state index contributed by atoms with van der Waals surface area (Å²) in [6, 6.07) is -0.761. The maximum absolute atomic E-state index is 13.9. The first-order valence-electron chi connectivity index (χ1n) is 22.4. The lowest BCUT2D eigenvalue weighted by atomic mass is 10.0. The van der Waals surface area contributed by atoms with E-state index in [1.54, 1.807) is 50.4 Å². The van der Waals surface area contributed by atoms with Gasteiger partial charge in [0.25, 0.3) is 0 Å². The average Bonchev–Trinajstić information content (AvgIpc) is 3.27. The van der Waals surface area contributed by atoms with E-state index in [4.69, 9.17) is 28.7 Å². The molecule has 0 heterocycles. The van der Waals surface area contributed by atoms with Gasteiger partial charge in [-0.3, -0.25) is 48.1 Å². The minimum atomic E-state index is -1.76. The van der Waals surface area contributed by atoms with E-state index >= 15 is 0 Å². The van der Waals surface area contributed by atoms with Crippen molar-refractivity contribution in [2.45, 2.75) is 127 Å². The third-order valence-electron chi connectivity index (χ3n) is 10.1. The number of nitrogens with two attached hydrogens (primary N) is 5. The van der Waals surface area contributed by atoms with E-state index in [-0.39, 0.29) is 75.7 Å². The second-order valence-electron chi connectivity index (χ2n) is 16.5. The highest BCUT2D eigenvalue weighted by Crippen LogP contribution is 2.11. The van der Waals surface area contributed by atoms with Crippen molar-refractivity contribution in [2.24, 2.45) is 39.6 Å². The Morgan fingerprint density at radius 2 is 1.19 bits per heavy atom. The molecule has 0 aliphatic heterocycles. The highest BCUT2D eigenvalue weighted by Gasteiger charge is 2.34. The van der Waals surface area contributed by atoms with Crippen LogP contribution in [-0.2, 0) is 54.4 Å². The van der Waals surface area contributed by atoms with Crippen LogP contribution in [0.2, 0.25) is 0 Å². The van der Waals surface area contributed by atoms with Gasteiger partial charge in [0.1, 0.15) is 36.3 Å². The molecule has 0 spiro atoms. The number of hydrogen-bond donors (Lipinski definition) is 14. The van der Waals surface area contributed by atoms with Gasteiger partial charge >= 0.3 is 11.9 Å². The van der Waals surface area contributed by atoms with Crippen molar-refractivity contribution < 1.29 is 58.2 Å². The number of aliphatic carboxylic acids is 2. The zero-order chi connectivity index (χ0) is 52.1. The summed E-state index contributed by atoms with van der Waals surface area (Å²) in [4.78, 5) is 134. The van der Waals surface area contributed by atoms with Crippen molar-refractivity contribution in [1.82, 2.24) is 37.2 Å². The number of benzene rings is 1. The number of guanidine groups is 1. The molecule has 0 bridgehead atoms. The van der Waals surface area contributed by atoms with E-state index in [0.29, 0.717) is 12.8 Å². The molecule has 0 saturated carbocycles. The highest BCUT2D eigenvalue weighted by molar-refractivity contribution is 7.98. The van der Waals surface area contributed by atoms with E-state index in [1.807, 2.05) is 0 Å². The predicted octanol–water partition coefficient (Wildman–Crippen LogP) is -3.61. The molecule has 0 aliphatic carbocycles. The predicted molar refractivity (Wildman–Crippen MR) is 256 cm³/mol. The summed E-state index contributed by atoms with van der Waals surface area (Å²) in [5.41, 5.74) is 28.5. The molecule has 0 aromatic heterocycles. The van der Waals surface area contributed by atoms with Crippen LogP contribution >= 0.6 is 11.8 Å². The smallest absolute Gasteiger partial charge is 0.326 e. The van der Waals surface area contributed by atoms with Gasteiger partial charge in [-0.25, -0.2) is 4.79 Å². The standard InChI is InChI=1S/C43H71N13O12S/c1-24(2)20-31(37(62)50-23-34(58)51-30(42(67)68)13-9-18-49-43(47)48)55-39(64)28(14-15-33(46)57)53-40(65)29(16-19-69-3)54-41(66)32(22-35(59)60)56-38(63)27(12-7-8-17-44)52-36(61)26(45)21-25-10-5-4-6-11-25/h4-6,10-11,24,26-32H,7-9,12-23,44-45H2,1-3H3,(H2,46,57)(H,50,62)(H,51,58)(H,52,61)(H,53,65)(H,54,66)(H,55,64)(H,56,63)(H,59,60)(H,67,68)(H4,47,48,49)/t26-,27-,28-,29-,30-,31-,32-/m0/s1. The summed E-state index contributed by atoms with van der Waals surface area (Å²) in [5, 5.41) is 36.4. The number of aliphatic imine (C=N–C) groups is 1. The molecule has 1 aromatic carbocycles. The number of rotatable bonds is 35. The maximum Gasteiger partial charge on any atom is 0.326 e. The molecule has 8 amide bonds. The van der Waals surface area contributed by atoms with Gasteiger partial charge in [-0.15, -0.1) is 0 Å². The van der Waals surface area contributed by atoms with Gasteiger partial charge < -0.3 is 76.1 Å². The molecule has 0 aliphatic rings. The van der Waals surface area contributed by atoms with Crippen LogP contribution in [0.4, 0.5) is 0 Å². The molecular formula is C43H71N13O12S. The number of carboxylic acids is 2. The largest absolute Gasteiger partial charge is 0.481 e. The van der Waals surface area contributed by atoms with Crippen molar-refractivity contribution in [3.63, 3.8) is 0 Å². The Kier molecular flexibility index (Phi) is 29.0. The van der Waals surface area contributed by atoms with Gasteiger partial charge in [0, 0.05) is 13.0 Å². The first-order chi connectivity index (χ1) is 32.6. The summed E-state index contributed by atoms with van der Waals surface area (Å²) in [5.74, 6) is -10.0. The number of unbranched alkanes of at least 4 members (excludes halogenated alkanes) is 1. The molecule has 386 valence electrons. The zero-order valence-corrected chi connectivity index (χ0v) is 40.1. The molecule has 26 heteroatoms. The van der Waals surface area contributed by atoms with E-state index in [0.717, 1.165) is 5.56 Å². The van der Waals surface area contributed by atoms with E-state index < -0.39 is 121 Å². The number of nitrogens with one attached hydrogen (secondary N) is 7. The minimum absolute atomic E-state index is 0.0268. The number of carbonyl (C=O) groups excluding carboxylic acids is 8. The van der Waals surface area contributed by atoms with Crippen LogP contribution in [0.15, 0.2) is 35.3 Å². The lowest BCUT2D eigenvalue weighted by Gasteiger charge is -2.27. The number of amides is 8. The third kappa shape index (κ3) is 26.0. The van der Waals surface area contributed by atoms with Gasteiger partial charge in [-0.05, 0) is 87.8 Å². The summed E-state index contributed by atoms with van der Waals surface area (Å²) >= 11 is 1.29. The third-order valence-corrected chi connectivity index (χ3v) is 10.8. The van der Waals surface area contributed by atoms with Gasteiger partial charge in [0.15, 0.2) is 5.96 Å². The molecule has 0 unspecified atom stereocenters. The minimum Gasteiger partial charge on any atom is -0.481 e. The molecule has 0 fully saturated rings. The topological polar surface area (TPSA) is 438 Å². The van der Waals surface area contributed by atoms with Gasteiger partial charge in [-0.2, -0.15) is 11.8 Å². The fourth-order valence-corrected chi connectivity index (χ4v) is 7.01. The molecular weight excluding hydrogens is 923 g/mol. The highest BCUT2D eigenvalue weighted by atomic mass is 32.2. The number of nitrogens with zero attached hydrogens (tertiary/aromatic N) is 1. The Morgan fingerprint density at radius 3 is 1.72 bits per heavy atom.